The minimum atomic E-state index is -0.290. The molecule has 1 aliphatic carbocycles. The van der Waals surface area contributed by atoms with E-state index in [-0.39, 0.29) is 17.7 Å². The van der Waals surface area contributed by atoms with Gasteiger partial charge in [0.25, 0.3) is 5.91 Å². The molecule has 0 heterocycles. The van der Waals surface area contributed by atoms with Crippen LogP contribution < -0.4 is 25.1 Å². The lowest BCUT2D eigenvalue weighted by atomic mass is 9.95. The number of rotatable bonds is 8. The summed E-state index contributed by atoms with van der Waals surface area (Å²) in [6.45, 7) is 0. The molecule has 7 nitrogen and oxygen atoms in total. The number of hydrazine groups is 1. The Hall–Kier alpha value is -3.06. The van der Waals surface area contributed by atoms with Crippen molar-refractivity contribution in [1.82, 2.24) is 10.9 Å². The van der Waals surface area contributed by atoms with Gasteiger partial charge in [-0.2, -0.15) is 0 Å². The molecule has 1 atom stereocenters. The summed E-state index contributed by atoms with van der Waals surface area (Å²) in [7, 11) is 4.75. The quantitative estimate of drug-likeness (QED) is 0.648. The van der Waals surface area contributed by atoms with Crippen LogP contribution in [-0.2, 0) is 11.2 Å². The Kier molecular flexibility index (Phi) is 7.30. The summed E-state index contributed by atoms with van der Waals surface area (Å²) in [6, 6.07) is 10.9. The number of hydrogen-bond donors (Lipinski definition) is 2. The number of carbonyl (C=O) groups excluding carboxylic acids is 2. The van der Waals surface area contributed by atoms with E-state index in [1.54, 1.807) is 33.5 Å². The van der Waals surface area contributed by atoms with Crippen molar-refractivity contribution < 1.29 is 23.8 Å². The standard InChI is InChI=1S/C23H28N2O5/c1-28-20-13-16(14-21(29-2)22(20)30-3)12-15-8-10-17(11-9-15)23(27)25-24-18-6-4-5-7-19(18)26/h8-11,13-14,18,24H,4-7,12H2,1-3H3,(H,25,27). The molecule has 1 saturated carbocycles. The highest BCUT2D eigenvalue weighted by Gasteiger charge is 2.22. The maximum absolute atomic E-state index is 12.4. The molecule has 2 N–H and O–H groups in total. The summed E-state index contributed by atoms with van der Waals surface area (Å²) < 4.78 is 16.2. The van der Waals surface area contributed by atoms with Gasteiger partial charge in [-0.25, -0.2) is 5.43 Å². The van der Waals surface area contributed by atoms with Gasteiger partial charge in [-0.05, 0) is 54.7 Å². The molecule has 3 rings (SSSR count). The van der Waals surface area contributed by atoms with Crippen molar-refractivity contribution >= 4 is 11.7 Å². The lowest BCUT2D eigenvalue weighted by Gasteiger charge is -2.21. The van der Waals surface area contributed by atoms with Crippen LogP contribution in [0.5, 0.6) is 17.2 Å². The first-order chi connectivity index (χ1) is 14.5. The molecule has 1 unspecified atom stereocenters. The zero-order valence-corrected chi connectivity index (χ0v) is 17.6. The molecule has 2 aromatic rings. The van der Waals surface area contributed by atoms with Crippen LogP contribution in [-0.4, -0.2) is 39.1 Å². The molecule has 0 aromatic heterocycles. The van der Waals surface area contributed by atoms with Crippen molar-refractivity contribution in [2.75, 3.05) is 21.3 Å². The second-order valence-corrected chi connectivity index (χ2v) is 7.27. The Labute approximate surface area is 176 Å². The second-order valence-electron chi connectivity index (χ2n) is 7.27. The van der Waals surface area contributed by atoms with E-state index >= 15 is 0 Å². The van der Waals surface area contributed by atoms with Crippen molar-refractivity contribution in [2.45, 2.75) is 38.1 Å². The van der Waals surface area contributed by atoms with Gasteiger partial charge < -0.3 is 14.2 Å². The summed E-state index contributed by atoms with van der Waals surface area (Å²) in [5.74, 6) is 1.66. The van der Waals surface area contributed by atoms with Crippen molar-refractivity contribution in [3.8, 4) is 17.2 Å². The zero-order chi connectivity index (χ0) is 21.5. The second kappa shape index (κ2) is 10.1. The predicted octanol–water partition coefficient (Wildman–Crippen LogP) is 3.05. The summed E-state index contributed by atoms with van der Waals surface area (Å²) in [6.07, 6.45) is 3.90. The number of benzene rings is 2. The normalized spacial score (nSPS) is 16.1. The number of hydrogen-bond acceptors (Lipinski definition) is 6. The highest BCUT2D eigenvalue weighted by Crippen LogP contribution is 2.38. The van der Waals surface area contributed by atoms with Crippen LogP contribution in [0.3, 0.4) is 0 Å². The Bertz CT molecular complexity index is 870. The molecule has 0 aliphatic heterocycles. The van der Waals surface area contributed by atoms with Crippen LogP contribution in [0.15, 0.2) is 36.4 Å². The third kappa shape index (κ3) is 5.10. The van der Waals surface area contributed by atoms with E-state index in [1.165, 1.54) is 0 Å². The van der Waals surface area contributed by atoms with Gasteiger partial charge in [0.1, 0.15) is 0 Å². The summed E-state index contributed by atoms with van der Waals surface area (Å²) in [5, 5.41) is 0. The number of ether oxygens (including phenoxy) is 3. The Morgan fingerprint density at radius 1 is 0.967 bits per heavy atom. The molecule has 0 bridgehead atoms. The molecule has 160 valence electrons. The molecule has 1 amide bonds. The lowest BCUT2D eigenvalue weighted by molar-refractivity contribution is -0.122. The Morgan fingerprint density at radius 2 is 1.63 bits per heavy atom. The van der Waals surface area contributed by atoms with E-state index in [0.717, 1.165) is 30.4 Å². The number of carbonyl (C=O) groups is 2. The minimum Gasteiger partial charge on any atom is -0.493 e. The van der Waals surface area contributed by atoms with E-state index in [1.807, 2.05) is 24.3 Å². The van der Waals surface area contributed by atoms with Gasteiger partial charge in [0.05, 0.1) is 27.4 Å². The third-order valence-electron chi connectivity index (χ3n) is 5.26. The van der Waals surface area contributed by atoms with Crippen LogP contribution >= 0.6 is 0 Å². The topological polar surface area (TPSA) is 85.9 Å². The van der Waals surface area contributed by atoms with E-state index in [2.05, 4.69) is 10.9 Å². The summed E-state index contributed by atoms with van der Waals surface area (Å²) in [5.41, 5.74) is 8.09. The van der Waals surface area contributed by atoms with E-state index in [0.29, 0.717) is 35.7 Å². The van der Waals surface area contributed by atoms with Gasteiger partial charge in [0.2, 0.25) is 5.75 Å². The number of methoxy groups -OCH3 is 3. The van der Waals surface area contributed by atoms with Crippen molar-refractivity contribution in [2.24, 2.45) is 0 Å². The van der Waals surface area contributed by atoms with E-state index < -0.39 is 0 Å². The van der Waals surface area contributed by atoms with Crippen LogP contribution in [0.4, 0.5) is 0 Å². The molecule has 0 saturated heterocycles. The molecule has 1 aliphatic rings. The number of nitrogens with one attached hydrogen (secondary N) is 2. The average Bonchev–Trinajstić information content (AvgIpc) is 2.78. The van der Waals surface area contributed by atoms with Gasteiger partial charge in [-0.15, -0.1) is 0 Å². The highest BCUT2D eigenvalue weighted by atomic mass is 16.5. The Morgan fingerprint density at radius 3 is 2.20 bits per heavy atom. The van der Waals surface area contributed by atoms with Crippen LogP contribution in [0.1, 0.15) is 47.2 Å². The molecular formula is C23H28N2O5. The number of Topliss-reactive ketones (excluding diaryl/α,β-unsaturated/α-hetero) is 1. The molecular weight excluding hydrogens is 384 g/mol. The molecule has 30 heavy (non-hydrogen) atoms. The fourth-order valence-corrected chi connectivity index (χ4v) is 3.61. The molecule has 1 fully saturated rings. The molecule has 0 spiro atoms. The van der Waals surface area contributed by atoms with Crippen LogP contribution in [0.25, 0.3) is 0 Å². The molecule has 7 heteroatoms. The first-order valence-corrected chi connectivity index (χ1v) is 10.0. The van der Waals surface area contributed by atoms with Gasteiger partial charge in [-0.1, -0.05) is 18.6 Å². The van der Waals surface area contributed by atoms with E-state index in [9.17, 15) is 9.59 Å². The minimum absolute atomic E-state index is 0.155. The number of amides is 1. The predicted molar refractivity (Wildman–Crippen MR) is 113 cm³/mol. The monoisotopic (exact) mass is 412 g/mol. The molecule has 0 radical (unpaired) electrons. The summed E-state index contributed by atoms with van der Waals surface area (Å²) in [4.78, 5) is 24.2. The van der Waals surface area contributed by atoms with Gasteiger partial charge >= 0.3 is 0 Å². The van der Waals surface area contributed by atoms with Crippen molar-refractivity contribution in [1.29, 1.82) is 0 Å². The third-order valence-corrected chi connectivity index (χ3v) is 5.26. The van der Waals surface area contributed by atoms with Crippen LogP contribution in [0.2, 0.25) is 0 Å². The Balaban J connectivity index is 1.64. The molecule has 2 aromatic carbocycles. The maximum Gasteiger partial charge on any atom is 0.265 e. The average molecular weight is 412 g/mol. The smallest absolute Gasteiger partial charge is 0.265 e. The SMILES string of the molecule is COc1cc(Cc2ccc(C(=O)NNC3CCCCC3=O)cc2)cc(OC)c1OC. The summed E-state index contributed by atoms with van der Waals surface area (Å²) >= 11 is 0. The number of ketones is 1. The van der Waals surface area contributed by atoms with Crippen molar-refractivity contribution in [3.63, 3.8) is 0 Å². The lowest BCUT2D eigenvalue weighted by Crippen LogP contribution is -2.49. The maximum atomic E-state index is 12.4. The van der Waals surface area contributed by atoms with Gasteiger partial charge in [0, 0.05) is 12.0 Å². The largest absolute Gasteiger partial charge is 0.493 e. The van der Waals surface area contributed by atoms with Gasteiger partial charge in [0.15, 0.2) is 17.3 Å². The van der Waals surface area contributed by atoms with Crippen LogP contribution in [0, 0.1) is 0 Å². The van der Waals surface area contributed by atoms with Gasteiger partial charge in [-0.3, -0.25) is 15.0 Å². The highest BCUT2D eigenvalue weighted by molar-refractivity contribution is 5.94. The zero-order valence-electron chi connectivity index (χ0n) is 17.6. The van der Waals surface area contributed by atoms with E-state index in [4.69, 9.17) is 14.2 Å². The first-order valence-electron chi connectivity index (χ1n) is 10.0. The first kappa shape index (κ1) is 21.6. The van der Waals surface area contributed by atoms with Crippen molar-refractivity contribution in [3.05, 3.63) is 53.1 Å². The fraction of sp³-hybridized carbons (Fsp3) is 0.391. The fourth-order valence-electron chi connectivity index (χ4n) is 3.61.